The average Bonchev–Trinajstić information content (AvgIpc) is 2.86. The highest BCUT2D eigenvalue weighted by Crippen LogP contribution is 2.01. The van der Waals surface area contributed by atoms with Gasteiger partial charge in [-0.05, 0) is 54.1 Å². The summed E-state index contributed by atoms with van der Waals surface area (Å²) in [5.74, 6) is 0.472. The minimum Gasteiger partial charge on any atom is -0.379 e. The predicted molar refractivity (Wildman–Crippen MR) is 107 cm³/mol. The molecule has 0 saturated carbocycles. The Morgan fingerprint density at radius 2 is 1.32 bits per heavy atom. The second-order valence-electron chi connectivity index (χ2n) is 7.74. The van der Waals surface area contributed by atoms with Gasteiger partial charge in [-0.3, -0.25) is 14.6 Å². The third-order valence-electron chi connectivity index (χ3n) is 4.69. The zero-order valence-electron chi connectivity index (χ0n) is 17.8. The molecule has 2 rings (SSSR count). The molecule has 0 aromatic heterocycles. The fourth-order valence-electron chi connectivity index (χ4n) is 2.48. The molecular weight excluding hydrogens is 314 g/mol. The van der Waals surface area contributed by atoms with E-state index in [1.807, 2.05) is 13.8 Å². The first-order chi connectivity index (χ1) is 11.8. The van der Waals surface area contributed by atoms with Gasteiger partial charge in [0.15, 0.2) is 0 Å². The smallest absolute Gasteiger partial charge is 0.132 e. The monoisotopic (exact) mass is 357 g/mol. The third-order valence-corrected chi connectivity index (χ3v) is 4.69. The van der Waals surface area contributed by atoms with Crippen LogP contribution in [0.1, 0.15) is 54.9 Å². The Morgan fingerprint density at radius 3 is 1.72 bits per heavy atom. The third kappa shape index (κ3) is 13.4. The highest BCUT2D eigenvalue weighted by Gasteiger charge is 2.12. The Hall–Kier alpha value is -0.490. The summed E-state index contributed by atoms with van der Waals surface area (Å²) >= 11 is 0. The quantitative estimate of drug-likeness (QED) is 0.841. The largest absolute Gasteiger partial charge is 0.379 e. The number of Topliss-reactive ketones (excluding diaryl/α,β-unsaturated/α-hetero) is 1. The van der Waals surface area contributed by atoms with Gasteiger partial charge in [0.1, 0.15) is 5.78 Å². The van der Waals surface area contributed by atoms with E-state index in [1.54, 1.807) is 6.92 Å². The zero-order valence-corrected chi connectivity index (χ0v) is 17.8. The lowest BCUT2D eigenvalue weighted by Crippen LogP contribution is -2.40. The zero-order chi connectivity index (χ0) is 19.2. The average molecular weight is 358 g/mol. The van der Waals surface area contributed by atoms with E-state index in [4.69, 9.17) is 4.74 Å². The van der Waals surface area contributed by atoms with Crippen LogP contribution >= 0.6 is 0 Å². The highest BCUT2D eigenvalue weighted by atomic mass is 16.5. The van der Waals surface area contributed by atoms with Crippen LogP contribution in [0.5, 0.6) is 0 Å². The van der Waals surface area contributed by atoms with Gasteiger partial charge in [-0.1, -0.05) is 13.8 Å². The molecule has 0 aromatic carbocycles. The number of ether oxygens (including phenoxy) is 1. The lowest BCUT2D eigenvalue weighted by molar-refractivity contribution is -0.119. The van der Waals surface area contributed by atoms with E-state index >= 15 is 0 Å². The summed E-state index contributed by atoms with van der Waals surface area (Å²) in [7, 11) is 0. The van der Waals surface area contributed by atoms with Crippen molar-refractivity contribution in [3.8, 4) is 0 Å². The minimum atomic E-state index is 0.213. The van der Waals surface area contributed by atoms with Gasteiger partial charge in [-0.2, -0.15) is 0 Å². The lowest BCUT2D eigenvalue weighted by atomic mass is 10.1. The minimum absolute atomic E-state index is 0.213. The molecule has 2 aliphatic heterocycles. The molecule has 0 radical (unpaired) electrons. The molecule has 1 N–H and O–H groups in total. The number of nitrogens with one attached hydrogen (secondary N) is 1. The molecule has 150 valence electrons. The topological polar surface area (TPSA) is 44.8 Å². The number of ketones is 1. The summed E-state index contributed by atoms with van der Waals surface area (Å²) in [5, 5.41) is 3.39. The molecule has 0 spiro atoms. The molecule has 0 aliphatic carbocycles. The number of carbonyl (C=O) groups is 1. The SMILES string of the molecule is CC(=O)C(C)C.CC(C)N1CCCNCC1.CC(C)N1CCOCC1. The summed E-state index contributed by atoms with van der Waals surface area (Å²) in [5.41, 5.74) is 0. The first-order valence-corrected chi connectivity index (χ1v) is 10.0. The first kappa shape index (κ1) is 24.5. The van der Waals surface area contributed by atoms with Crippen molar-refractivity contribution < 1.29 is 9.53 Å². The van der Waals surface area contributed by atoms with Gasteiger partial charge >= 0.3 is 0 Å². The van der Waals surface area contributed by atoms with Crippen LogP contribution in [-0.2, 0) is 9.53 Å². The maximum absolute atomic E-state index is 10.1. The van der Waals surface area contributed by atoms with Crippen molar-refractivity contribution in [3.63, 3.8) is 0 Å². The Labute approximate surface area is 156 Å². The molecule has 2 aliphatic rings. The Bertz CT molecular complexity index is 319. The van der Waals surface area contributed by atoms with Gasteiger partial charge in [-0.15, -0.1) is 0 Å². The maximum Gasteiger partial charge on any atom is 0.132 e. The molecule has 0 unspecified atom stereocenters. The van der Waals surface area contributed by atoms with Crippen LogP contribution in [0.3, 0.4) is 0 Å². The number of rotatable bonds is 3. The molecule has 0 aromatic rings. The van der Waals surface area contributed by atoms with Crippen molar-refractivity contribution >= 4 is 5.78 Å². The van der Waals surface area contributed by atoms with Gasteiger partial charge in [0, 0.05) is 44.2 Å². The fourth-order valence-corrected chi connectivity index (χ4v) is 2.48. The molecule has 0 atom stereocenters. The van der Waals surface area contributed by atoms with E-state index in [-0.39, 0.29) is 11.7 Å². The number of morpholine rings is 1. The van der Waals surface area contributed by atoms with E-state index in [0.717, 1.165) is 38.9 Å². The predicted octanol–water partition coefficient (Wildman–Crippen LogP) is 2.65. The molecular formula is C20H43N3O2. The van der Waals surface area contributed by atoms with Crippen molar-refractivity contribution in [2.75, 3.05) is 52.5 Å². The van der Waals surface area contributed by atoms with E-state index in [2.05, 4.69) is 42.8 Å². The lowest BCUT2D eigenvalue weighted by Gasteiger charge is -2.29. The van der Waals surface area contributed by atoms with Gasteiger partial charge in [0.25, 0.3) is 0 Å². The normalized spacial score (nSPS) is 19.8. The van der Waals surface area contributed by atoms with E-state index in [9.17, 15) is 4.79 Å². The van der Waals surface area contributed by atoms with Crippen LogP contribution in [0.15, 0.2) is 0 Å². The summed E-state index contributed by atoms with van der Waals surface area (Å²) in [6.07, 6.45) is 1.30. The number of carbonyl (C=O) groups excluding carboxylic acids is 1. The fraction of sp³-hybridized carbons (Fsp3) is 0.950. The van der Waals surface area contributed by atoms with Crippen molar-refractivity contribution in [2.24, 2.45) is 5.92 Å². The first-order valence-electron chi connectivity index (χ1n) is 10.0. The Balaban J connectivity index is 0.000000358. The summed E-state index contributed by atoms with van der Waals surface area (Å²) in [4.78, 5) is 15.1. The number of hydrogen-bond donors (Lipinski definition) is 1. The van der Waals surface area contributed by atoms with Gasteiger partial charge < -0.3 is 10.1 Å². The van der Waals surface area contributed by atoms with Crippen molar-refractivity contribution in [3.05, 3.63) is 0 Å². The van der Waals surface area contributed by atoms with Gasteiger partial charge in [0.05, 0.1) is 13.2 Å². The van der Waals surface area contributed by atoms with Crippen LogP contribution in [0.2, 0.25) is 0 Å². The van der Waals surface area contributed by atoms with Crippen LogP contribution in [-0.4, -0.2) is 80.1 Å². The van der Waals surface area contributed by atoms with Crippen LogP contribution in [0.4, 0.5) is 0 Å². The van der Waals surface area contributed by atoms with Crippen molar-refractivity contribution in [2.45, 2.75) is 67.0 Å². The molecule has 0 amide bonds. The van der Waals surface area contributed by atoms with Crippen LogP contribution < -0.4 is 5.32 Å². The summed E-state index contributed by atoms with van der Waals surface area (Å²) < 4.78 is 5.21. The van der Waals surface area contributed by atoms with Crippen molar-refractivity contribution in [1.29, 1.82) is 0 Å². The van der Waals surface area contributed by atoms with Crippen LogP contribution in [0.25, 0.3) is 0 Å². The molecule has 0 bridgehead atoms. The second kappa shape index (κ2) is 14.7. The Morgan fingerprint density at radius 1 is 0.840 bits per heavy atom. The Kier molecular flexibility index (Phi) is 14.4. The summed E-state index contributed by atoms with van der Waals surface area (Å²) in [6, 6.07) is 1.41. The second-order valence-corrected chi connectivity index (χ2v) is 7.74. The van der Waals surface area contributed by atoms with E-state index < -0.39 is 0 Å². The number of nitrogens with zero attached hydrogens (tertiary/aromatic N) is 2. The van der Waals surface area contributed by atoms with Crippen molar-refractivity contribution in [1.82, 2.24) is 15.1 Å². The van der Waals surface area contributed by atoms with Gasteiger partial charge in [-0.25, -0.2) is 0 Å². The molecule has 2 saturated heterocycles. The molecule has 5 heteroatoms. The molecule has 5 nitrogen and oxygen atoms in total. The maximum atomic E-state index is 10.1. The summed E-state index contributed by atoms with van der Waals surface area (Å²) in [6.45, 7) is 23.3. The van der Waals surface area contributed by atoms with Gasteiger partial charge in [0.2, 0.25) is 0 Å². The van der Waals surface area contributed by atoms with Crippen LogP contribution in [0, 0.1) is 5.92 Å². The standard InChI is InChI=1S/C8H18N2.C7H15NO.C5H10O/c1-8(2)10-6-3-4-9-5-7-10;1-7(2)8-3-5-9-6-4-8;1-4(2)5(3)6/h8-9H,3-7H2,1-2H3;7H,3-6H2,1-2H3;4H,1-3H3. The van der Waals surface area contributed by atoms with E-state index in [1.165, 1.54) is 26.1 Å². The molecule has 2 heterocycles. The highest BCUT2D eigenvalue weighted by molar-refractivity contribution is 5.77. The number of hydrogen-bond acceptors (Lipinski definition) is 5. The molecule has 2 fully saturated rings. The molecule has 25 heavy (non-hydrogen) atoms. The van der Waals surface area contributed by atoms with E-state index in [0.29, 0.717) is 6.04 Å².